The highest BCUT2D eigenvalue weighted by atomic mass is 15.2. The molecule has 0 bridgehead atoms. The molecule has 8 aliphatic heterocycles. The first-order valence-electron chi connectivity index (χ1n) is 31.1. The number of hydrogen-bond acceptors (Lipinski definition) is 4. The molecule has 0 saturated heterocycles. The molecule has 15 aromatic rings. The average molecular weight is 1110 g/mol. The Balaban J connectivity index is 0.878. The summed E-state index contributed by atoms with van der Waals surface area (Å²) in [4.78, 5) is 10.6. The molecule has 0 unspecified atom stereocenters. The van der Waals surface area contributed by atoms with Gasteiger partial charge in [0, 0.05) is 112 Å². The maximum Gasteiger partial charge on any atom is 0.252 e. The number of anilines is 12. The van der Waals surface area contributed by atoms with E-state index in [4.69, 9.17) is 0 Å². The molecule has 0 spiro atoms. The molecule has 398 valence electrons. The summed E-state index contributed by atoms with van der Waals surface area (Å²) in [6, 6.07) is 103. The first kappa shape index (κ1) is 45.3. The Morgan fingerprint density at radius 3 is 0.943 bits per heavy atom. The quantitative estimate of drug-likeness (QED) is 0.161. The van der Waals surface area contributed by atoms with Gasteiger partial charge in [0.25, 0.3) is 26.9 Å². The molecule has 0 aliphatic carbocycles. The Morgan fingerprint density at radius 2 is 0.523 bits per heavy atom. The molecule has 13 aromatic carbocycles. The number of para-hydroxylation sites is 10. The van der Waals surface area contributed by atoms with Crippen molar-refractivity contribution in [2.75, 3.05) is 19.6 Å². The van der Waals surface area contributed by atoms with Crippen molar-refractivity contribution in [2.24, 2.45) is 0 Å². The van der Waals surface area contributed by atoms with Crippen molar-refractivity contribution >= 4 is 204 Å². The van der Waals surface area contributed by atoms with Gasteiger partial charge in [0.1, 0.15) is 0 Å². The third-order valence-corrected chi connectivity index (χ3v) is 21.6. The minimum atomic E-state index is -0.103. The average Bonchev–Trinajstić information content (AvgIpc) is 0.960. The molecule has 10 heteroatoms. The van der Waals surface area contributed by atoms with Crippen LogP contribution in [-0.4, -0.2) is 36.0 Å². The van der Waals surface area contributed by atoms with Crippen molar-refractivity contribution in [1.29, 1.82) is 0 Å². The van der Waals surface area contributed by atoms with E-state index >= 15 is 0 Å². The largest absolute Gasteiger partial charge is 0.312 e. The van der Waals surface area contributed by atoms with E-state index in [-0.39, 0.29) is 26.9 Å². The van der Waals surface area contributed by atoms with Gasteiger partial charge in [0.05, 0.1) is 11.0 Å². The van der Waals surface area contributed by atoms with Crippen molar-refractivity contribution in [3.63, 3.8) is 0 Å². The number of aromatic nitrogens is 2. The zero-order valence-electron chi connectivity index (χ0n) is 47.4. The van der Waals surface area contributed by atoms with Gasteiger partial charge >= 0.3 is 0 Å². The Bertz CT molecular complexity index is 5440. The fourth-order valence-electron chi connectivity index (χ4n) is 18.6. The minimum absolute atomic E-state index is 0.0198. The predicted molar refractivity (Wildman–Crippen MR) is 372 cm³/mol. The van der Waals surface area contributed by atoms with Gasteiger partial charge in [-0.1, -0.05) is 188 Å². The molecule has 10 heterocycles. The van der Waals surface area contributed by atoms with Gasteiger partial charge in [0.2, 0.25) is 0 Å². The molecule has 0 saturated carbocycles. The van der Waals surface area contributed by atoms with E-state index < -0.39 is 0 Å². The van der Waals surface area contributed by atoms with Crippen LogP contribution in [0.15, 0.2) is 267 Å². The third-order valence-electron chi connectivity index (χ3n) is 21.6. The summed E-state index contributed by atoms with van der Waals surface area (Å²) >= 11 is 0. The Hall–Kier alpha value is -11.1. The standard InChI is InChI=1S/C78H44B4N6/c1-3-21-45(22-4-1)83-65-42-66-58(41-57(65)81-53-31-11-17-39-63(53)87-61-37-15-9-29-51(61)79-55-33-19-27-49-47-25-7-13-35-59(47)85(75(49)55)69-43-67(83)71(81)77(87)73(69)79)82-54-32-12-18-40-64(54)88-62-38-16-10-30-52(62)80-56-34-20-28-50-48-26-8-14-36-60(48)86(76(50)56)70-44-68(72(82)78(88)74(70)80)84(66)46-23-5-2-6-24-46/h1-44H. The monoisotopic (exact) mass is 1110 g/mol. The second-order valence-corrected chi connectivity index (χ2v) is 25.3. The zero-order valence-corrected chi connectivity index (χ0v) is 47.4. The lowest BCUT2D eigenvalue weighted by atomic mass is 9.27. The number of nitrogens with zero attached hydrogens (tertiary/aromatic N) is 6. The van der Waals surface area contributed by atoms with Crippen LogP contribution in [0.1, 0.15) is 0 Å². The van der Waals surface area contributed by atoms with Crippen molar-refractivity contribution < 1.29 is 0 Å². The van der Waals surface area contributed by atoms with E-state index in [2.05, 4.69) is 296 Å². The lowest BCUT2D eigenvalue weighted by Crippen LogP contribution is -2.70. The first-order chi connectivity index (χ1) is 43.8. The summed E-state index contributed by atoms with van der Waals surface area (Å²) in [6.45, 7) is -0.167. The molecular weight excluding hydrogens is 1060 g/mol. The molecule has 6 nitrogen and oxygen atoms in total. The SMILES string of the molecule is c1ccc(N2c3cc4c(cc3B3c5ccccc5N5c6ccccc6B6c7c(cc2c3c75)-n2c3ccccc3c3cccc6c32)B2c3ccccc3N3c5ccccc5B5c6c(cc(c2c63)N4c2ccccc2)-n2c3ccccc3c3cccc5c32)cc1. The zero-order chi connectivity index (χ0) is 56.5. The highest BCUT2D eigenvalue weighted by molar-refractivity contribution is 7.07. The second-order valence-electron chi connectivity index (χ2n) is 25.3. The van der Waals surface area contributed by atoms with Crippen molar-refractivity contribution in [3.8, 4) is 11.4 Å². The molecular formula is C78H44B4N6. The summed E-state index contributed by atoms with van der Waals surface area (Å²) in [7, 11) is 0. The van der Waals surface area contributed by atoms with Gasteiger partial charge in [-0.25, -0.2) is 0 Å². The smallest absolute Gasteiger partial charge is 0.252 e. The van der Waals surface area contributed by atoms with Crippen molar-refractivity contribution in [2.45, 2.75) is 0 Å². The van der Waals surface area contributed by atoms with Crippen LogP contribution in [0.2, 0.25) is 0 Å². The number of hydrogen-bond donors (Lipinski definition) is 0. The highest BCUT2D eigenvalue weighted by Crippen LogP contribution is 2.52. The van der Waals surface area contributed by atoms with Crippen LogP contribution in [0.25, 0.3) is 55.0 Å². The fraction of sp³-hybridized carbons (Fsp3) is 0. The van der Waals surface area contributed by atoms with Gasteiger partial charge in [-0.3, -0.25) is 0 Å². The molecule has 0 atom stereocenters. The van der Waals surface area contributed by atoms with E-state index in [0.717, 1.165) is 11.4 Å². The van der Waals surface area contributed by atoms with Gasteiger partial charge in [-0.2, -0.15) is 0 Å². The number of rotatable bonds is 2. The van der Waals surface area contributed by atoms with E-state index in [1.165, 1.54) is 177 Å². The minimum Gasteiger partial charge on any atom is -0.312 e. The summed E-state index contributed by atoms with van der Waals surface area (Å²) in [6.07, 6.45) is 0. The Kier molecular flexibility index (Phi) is 8.07. The maximum absolute atomic E-state index is 2.70. The highest BCUT2D eigenvalue weighted by Gasteiger charge is 2.55. The maximum atomic E-state index is 2.70. The molecule has 23 rings (SSSR count). The van der Waals surface area contributed by atoms with Crippen LogP contribution < -0.4 is 85.2 Å². The topological polar surface area (TPSA) is 22.8 Å². The van der Waals surface area contributed by atoms with E-state index in [0.29, 0.717) is 0 Å². The fourth-order valence-corrected chi connectivity index (χ4v) is 18.6. The molecule has 88 heavy (non-hydrogen) atoms. The molecule has 0 radical (unpaired) electrons. The van der Waals surface area contributed by atoms with Gasteiger partial charge in [-0.05, 0) is 144 Å². The summed E-state index contributed by atoms with van der Waals surface area (Å²) < 4.78 is 5.26. The van der Waals surface area contributed by atoms with Crippen LogP contribution in [0, 0.1) is 0 Å². The molecule has 0 N–H and O–H groups in total. The lowest BCUT2D eigenvalue weighted by molar-refractivity contribution is 1.16. The van der Waals surface area contributed by atoms with Crippen molar-refractivity contribution in [3.05, 3.63) is 267 Å². The summed E-state index contributed by atoms with van der Waals surface area (Å²) in [5, 5.41) is 5.16. The van der Waals surface area contributed by atoms with E-state index in [1.807, 2.05) is 0 Å². The molecule has 0 fully saturated rings. The van der Waals surface area contributed by atoms with Gasteiger partial charge in [0.15, 0.2) is 0 Å². The van der Waals surface area contributed by atoms with Crippen LogP contribution in [0.3, 0.4) is 0 Å². The van der Waals surface area contributed by atoms with E-state index in [1.54, 1.807) is 0 Å². The first-order valence-corrected chi connectivity index (χ1v) is 31.1. The summed E-state index contributed by atoms with van der Waals surface area (Å²) in [5.41, 5.74) is 38.5. The number of fused-ring (bicyclic) bond motifs is 26. The van der Waals surface area contributed by atoms with Crippen LogP contribution >= 0.6 is 0 Å². The van der Waals surface area contributed by atoms with Crippen molar-refractivity contribution in [1.82, 2.24) is 9.13 Å². The van der Waals surface area contributed by atoms with E-state index in [9.17, 15) is 0 Å². The van der Waals surface area contributed by atoms with Gasteiger partial charge in [-0.15, -0.1) is 0 Å². The Labute approximate surface area is 508 Å². The molecule has 8 aliphatic rings. The van der Waals surface area contributed by atoms with Crippen LogP contribution in [0.5, 0.6) is 0 Å². The predicted octanol–water partition coefficient (Wildman–Crippen LogP) is 10.3. The molecule has 0 amide bonds. The third kappa shape index (κ3) is 5.11. The van der Waals surface area contributed by atoms with Gasteiger partial charge < -0.3 is 28.7 Å². The lowest BCUT2D eigenvalue weighted by Gasteiger charge is -2.51. The summed E-state index contributed by atoms with van der Waals surface area (Å²) in [5.74, 6) is 0. The molecule has 2 aromatic heterocycles. The normalized spacial score (nSPS) is 14.6. The van der Waals surface area contributed by atoms with Crippen LogP contribution in [-0.2, 0) is 0 Å². The Morgan fingerprint density at radius 1 is 0.205 bits per heavy atom. The second kappa shape index (κ2) is 15.7. The van der Waals surface area contributed by atoms with Crippen LogP contribution in [0.4, 0.5) is 68.2 Å². The number of benzene rings is 13.